The van der Waals surface area contributed by atoms with Gasteiger partial charge in [0.1, 0.15) is 16.9 Å². The maximum absolute atomic E-state index is 13.1. The Balaban J connectivity index is 1.82. The van der Waals surface area contributed by atoms with Crippen molar-refractivity contribution in [1.82, 2.24) is 14.5 Å². The van der Waals surface area contributed by atoms with E-state index >= 15 is 0 Å². The quantitative estimate of drug-likeness (QED) is 0.289. The fourth-order valence-corrected chi connectivity index (χ4v) is 3.59. The van der Waals surface area contributed by atoms with Crippen LogP contribution in [0.25, 0.3) is 27.9 Å². The Labute approximate surface area is 197 Å². The summed E-state index contributed by atoms with van der Waals surface area (Å²) in [6, 6.07) is 14.2. The van der Waals surface area contributed by atoms with Gasteiger partial charge in [0.25, 0.3) is 0 Å². The van der Waals surface area contributed by atoms with Gasteiger partial charge in [-0.1, -0.05) is 32.4 Å². The Bertz CT molecular complexity index is 1340. The predicted molar refractivity (Wildman–Crippen MR) is 131 cm³/mol. The van der Waals surface area contributed by atoms with Crippen LogP contribution in [-0.2, 0) is 9.47 Å². The Morgan fingerprint density at radius 2 is 1.68 bits per heavy atom. The van der Waals surface area contributed by atoms with Gasteiger partial charge in [0.05, 0.1) is 29.3 Å². The molecule has 0 radical (unpaired) electrons. The number of carbonyl (C=O) groups is 2. The highest BCUT2D eigenvalue weighted by atomic mass is 16.5. The molecule has 176 valence electrons. The molecule has 0 aliphatic heterocycles. The van der Waals surface area contributed by atoms with Gasteiger partial charge in [0.15, 0.2) is 5.65 Å². The first-order valence-electron chi connectivity index (χ1n) is 11.5. The van der Waals surface area contributed by atoms with Crippen LogP contribution in [0.15, 0.2) is 48.5 Å². The van der Waals surface area contributed by atoms with Crippen LogP contribution in [0.2, 0.25) is 0 Å². The van der Waals surface area contributed by atoms with Crippen molar-refractivity contribution in [1.29, 1.82) is 0 Å². The zero-order valence-corrected chi connectivity index (χ0v) is 19.6. The molecule has 1 atom stereocenters. The topological polar surface area (TPSA) is 109 Å². The van der Waals surface area contributed by atoms with E-state index in [-0.39, 0.29) is 23.5 Å². The van der Waals surface area contributed by atoms with Crippen molar-refractivity contribution in [2.75, 3.05) is 12.3 Å². The largest absolute Gasteiger partial charge is 0.462 e. The summed E-state index contributed by atoms with van der Waals surface area (Å²) in [6.07, 6.45) is 2.17. The second kappa shape index (κ2) is 9.91. The van der Waals surface area contributed by atoms with Crippen molar-refractivity contribution >= 4 is 40.0 Å². The number of nitrogens with two attached hydrogens (primary N) is 1. The molecule has 4 rings (SSSR count). The Hall–Kier alpha value is -3.94. The van der Waals surface area contributed by atoms with Gasteiger partial charge in [0, 0.05) is 5.69 Å². The molecule has 0 fully saturated rings. The fraction of sp³-hybridized carbons (Fsp3) is 0.308. The van der Waals surface area contributed by atoms with Gasteiger partial charge in [-0.15, -0.1) is 0 Å². The maximum Gasteiger partial charge on any atom is 0.344 e. The number of esters is 2. The Morgan fingerprint density at radius 1 is 1.00 bits per heavy atom. The van der Waals surface area contributed by atoms with Crippen LogP contribution in [0, 0.1) is 0 Å². The van der Waals surface area contributed by atoms with E-state index < -0.39 is 5.97 Å². The number of unbranched alkanes of at least 4 members (excludes halogenated alkanes) is 1. The lowest BCUT2D eigenvalue weighted by molar-refractivity contribution is 0.0337. The number of ether oxygens (including phenoxy) is 2. The Morgan fingerprint density at radius 3 is 2.32 bits per heavy atom. The first kappa shape index (κ1) is 23.2. The number of rotatable bonds is 8. The van der Waals surface area contributed by atoms with Crippen LogP contribution in [0.5, 0.6) is 0 Å². The highest BCUT2D eigenvalue weighted by Crippen LogP contribution is 2.32. The van der Waals surface area contributed by atoms with Gasteiger partial charge in [0.2, 0.25) is 0 Å². The minimum absolute atomic E-state index is 0.177. The number of para-hydroxylation sites is 2. The number of hydrogen-bond donors (Lipinski definition) is 1. The summed E-state index contributed by atoms with van der Waals surface area (Å²) in [5.41, 5.74) is 9.87. The molecular formula is C26H28N4O4. The predicted octanol–water partition coefficient (Wildman–Crippen LogP) is 5.07. The van der Waals surface area contributed by atoms with Crippen LogP contribution in [-0.4, -0.2) is 39.2 Å². The third kappa shape index (κ3) is 4.44. The number of nitrogen functional groups attached to an aromatic ring is 1. The second-order valence-corrected chi connectivity index (χ2v) is 8.14. The molecule has 0 amide bonds. The second-order valence-electron chi connectivity index (χ2n) is 8.14. The van der Waals surface area contributed by atoms with E-state index in [0.717, 1.165) is 12.8 Å². The minimum atomic E-state index is -0.545. The summed E-state index contributed by atoms with van der Waals surface area (Å²) in [4.78, 5) is 34.8. The molecule has 0 aliphatic rings. The third-order valence-electron chi connectivity index (χ3n) is 5.68. The normalized spacial score (nSPS) is 12.1. The zero-order chi connectivity index (χ0) is 24.2. The number of anilines is 1. The van der Waals surface area contributed by atoms with Gasteiger partial charge in [-0.05, 0) is 56.2 Å². The van der Waals surface area contributed by atoms with Crippen molar-refractivity contribution in [3.8, 4) is 5.69 Å². The molecule has 0 spiro atoms. The number of nitrogens with zero attached hydrogens (tertiary/aromatic N) is 3. The maximum atomic E-state index is 13.1. The van der Waals surface area contributed by atoms with Crippen molar-refractivity contribution in [2.45, 2.75) is 46.1 Å². The molecule has 0 aliphatic carbocycles. The van der Waals surface area contributed by atoms with E-state index in [0.29, 0.717) is 46.5 Å². The molecule has 34 heavy (non-hydrogen) atoms. The lowest BCUT2D eigenvalue weighted by Crippen LogP contribution is -2.15. The monoisotopic (exact) mass is 460 g/mol. The summed E-state index contributed by atoms with van der Waals surface area (Å²) in [7, 11) is 0. The van der Waals surface area contributed by atoms with Crippen molar-refractivity contribution < 1.29 is 19.1 Å². The molecule has 8 nitrogen and oxygen atoms in total. The van der Waals surface area contributed by atoms with Crippen LogP contribution in [0.3, 0.4) is 0 Å². The molecule has 2 aromatic carbocycles. The first-order valence-corrected chi connectivity index (χ1v) is 11.5. The average Bonchev–Trinajstić information content (AvgIpc) is 3.13. The molecule has 2 N–H and O–H groups in total. The highest BCUT2D eigenvalue weighted by Gasteiger charge is 2.27. The smallest absolute Gasteiger partial charge is 0.344 e. The van der Waals surface area contributed by atoms with Crippen LogP contribution >= 0.6 is 0 Å². The average molecular weight is 461 g/mol. The minimum Gasteiger partial charge on any atom is -0.462 e. The van der Waals surface area contributed by atoms with E-state index in [1.54, 1.807) is 28.8 Å². The summed E-state index contributed by atoms with van der Waals surface area (Å²) in [6.45, 7) is 6.18. The van der Waals surface area contributed by atoms with Gasteiger partial charge < -0.3 is 15.2 Å². The molecular weight excluding hydrogens is 432 g/mol. The van der Waals surface area contributed by atoms with Crippen molar-refractivity contribution in [3.05, 3.63) is 59.7 Å². The van der Waals surface area contributed by atoms with Crippen LogP contribution in [0.4, 0.5) is 5.82 Å². The van der Waals surface area contributed by atoms with Crippen LogP contribution < -0.4 is 5.73 Å². The molecule has 2 heterocycles. The summed E-state index contributed by atoms with van der Waals surface area (Å²) in [5.74, 6) is -0.748. The van der Waals surface area contributed by atoms with Gasteiger partial charge >= 0.3 is 11.9 Å². The van der Waals surface area contributed by atoms with E-state index in [9.17, 15) is 9.59 Å². The molecule has 4 aromatic rings. The van der Waals surface area contributed by atoms with Crippen molar-refractivity contribution in [2.24, 2.45) is 0 Å². The third-order valence-corrected chi connectivity index (χ3v) is 5.68. The van der Waals surface area contributed by atoms with Crippen molar-refractivity contribution in [3.63, 3.8) is 0 Å². The van der Waals surface area contributed by atoms with Gasteiger partial charge in [-0.3, -0.25) is 4.57 Å². The molecule has 0 bridgehead atoms. The van der Waals surface area contributed by atoms with E-state index in [1.807, 2.05) is 45.0 Å². The summed E-state index contributed by atoms with van der Waals surface area (Å²) in [5, 5.41) is 0. The molecule has 0 saturated heterocycles. The number of fused-ring (bicyclic) bond motifs is 2. The van der Waals surface area contributed by atoms with E-state index in [1.165, 1.54) is 0 Å². The first-order chi connectivity index (χ1) is 16.4. The van der Waals surface area contributed by atoms with Gasteiger partial charge in [-0.2, -0.15) is 0 Å². The lowest BCUT2D eigenvalue weighted by Gasteiger charge is -2.11. The van der Waals surface area contributed by atoms with Crippen LogP contribution in [0.1, 0.15) is 60.7 Å². The van der Waals surface area contributed by atoms with E-state index in [2.05, 4.69) is 4.98 Å². The zero-order valence-electron chi connectivity index (χ0n) is 19.6. The molecule has 0 saturated carbocycles. The highest BCUT2D eigenvalue weighted by molar-refractivity contribution is 6.09. The summed E-state index contributed by atoms with van der Waals surface area (Å²) >= 11 is 0. The number of carbonyl (C=O) groups excluding carboxylic acids is 2. The molecule has 2 aromatic heterocycles. The lowest BCUT2D eigenvalue weighted by atomic mass is 10.2. The van der Waals surface area contributed by atoms with E-state index in [4.69, 9.17) is 20.2 Å². The van der Waals surface area contributed by atoms with Gasteiger partial charge in [-0.25, -0.2) is 19.6 Å². The fourth-order valence-electron chi connectivity index (χ4n) is 3.59. The Kier molecular flexibility index (Phi) is 6.77. The molecule has 8 heteroatoms. The number of aromatic nitrogens is 3. The molecule has 0 unspecified atom stereocenters. The summed E-state index contributed by atoms with van der Waals surface area (Å²) < 4.78 is 12.5. The standard InChI is InChI=1S/C26H28N4O4/c1-4-6-15-33-25(31)17-11-13-18(14-12-17)30-23(27)21(26(32)34-16(3)5-2)22-24(30)29-20-10-8-7-9-19(20)28-22/h7-14,16H,4-6,15,27H2,1-3H3/t16-/m1/s1. The SMILES string of the molecule is CCCCOC(=O)c1ccc(-n2c(N)c(C(=O)O[C@H](C)CC)c3nc4ccccc4nc32)cc1. The number of benzene rings is 2. The number of hydrogen-bond acceptors (Lipinski definition) is 7.